The number of carbonyl (C=O) groups excluding carboxylic acids is 1. The van der Waals surface area contributed by atoms with Crippen LogP contribution in [-0.4, -0.2) is 27.4 Å². The second-order valence-corrected chi connectivity index (χ2v) is 9.67. The summed E-state index contributed by atoms with van der Waals surface area (Å²) < 4.78 is 27.7. The summed E-state index contributed by atoms with van der Waals surface area (Å²) in [6.45, 7) is 3.92. The summed E-state index contributed by atoms with van der Waals surface area (Å²) in [5, 5.41) is 0. The van der Waals surface area contributed by atoms with E-state index in [0.717, 1.165) is 23.2 Å². The number of carbonyl (C=O) groups is 1. The van der Waals surface area contributed by atoms with E-state index in [1.165, 1.54) is 23.5 Å². The van der Waals surface area contributed by atoms with Crippen molar-refractivity contribution in [3.63, 3.8) is 0 Å². The molecule has 4 rings (SSSR count). The van der Waals surface area contributed by atoms with Crippen molar-refractivity contribution in [2.24, 2.45) is 0 Å². The van der Waals surface area contributed by atoms with E-state index in [9.17, 15) is 13.2 Å². The molecule has 0 radical (unpaired) electrons. The summed E-state index contributed by atoms with van der Waals surface area (Å²) in [5.74, 6) is -0.192. The highest BCUT2D eigenvalue weighted by molar-refractivity contribution is 7.92. The number of fused-ring (bicyclic) bond motifs is 1. The normalized spacial score (nSPS) is 15.7. The van der Waals surface area contributed by atoms with Crippen LogP contribution in [0.5, 0.6) is 0 Å². The number of para-hydroxylation sites is 1. The Labute approximate surface area is 177 Å². The molecule has 0 N–H and O–H groups in total. The molecule has 0 saturated heterocycles. The molecule has 1 aliphatic heterocycles. The van der Waals surface area contributed by atoms with Crippen molar-refractivity contribution >= 4 is 27.3 Å². The van der Waals surface area contributed by atoms with Crippen LogP contribution in [0.3, 0.4) is 0 Å². The van der Waals surface area contributed by atoms with Gasteiger partial charge in [0.2, 0.25) is 0 Å². The lowest BCUT2D eigenvalue weighted by atomic mass is 10.1. The number of anilines is 2. The number of aryl methyl sites for hydroxylation is 1. The van der Waals surface area contributed by atoms with Crippen LogP contribution in [0.4, 0.5) is 11.4 Å². The average molecular weight is 421 g/mol. The summed E-state index contributed by atoms with van der Waals surface area (Å²) in [6, 6.07) is 21.4. The summed E-state index contributed by atoms with van der Waals surface area (Å²) in [7, 11) is -2.27. The Morgan fingerprint density at radius 1 is 1.00 bits per heavy atom. The Balaban J connectivity index is 1.68. The highest BCUT2D eigenvalue weighted by atomic mass is 32.2. The van der Waals surface area contributed by atoms with Gasteiger partial charge in [-0.3, -0.25) is 9.10 Å². The molecule has 30 heavy (non-hydrogen) atoms. The Kier molecular flexibility index (Phi) is 5.12. The zero-order valence-electron chi connectivity index (χ0n) is 17.2. The SMILES string of the molecule is Cc1cccc(N(C)S(=O)(=O)c2cccc(C(=O)N3c4ccccc4CC3C)c2)c1. The molecule has 0 aromatic heterocycles. The van der Waals surface area contributed by atoms with E-state index in [4.69, 9.17) is 0 Å². The highest BCUT2D eigenvalue weighted by Crippen LogP contribution is 2.33. The van der Waals surface area contributed by atoms with Crippen LogP contribution < -0.4 is 9.21 Å². The molecule has 1 atom stereocenters. The number of benzene rings is 3. The minimum atomic E-state index is -3.80. The van der Waals surface area contributed by atoms with Gasteiger partial charge in [0.1, 0.15) is 0 Å². The smallest absolute Gasteiger partial charge is 0.264 e. The first kappa shape index (κ1) is 20.2. The summed E-state index contributed by atoms with van der Waals surface area (Å²) in [4.78, 5) is 15.2. The van der Waals surface area contributed by atoms with Gasteiger partial charge in [0.25, 0.3) is 15.9 Å². The van der Waals surface area contributed by atoms with Gasteiger partial charge in [0.05, 0.1) is 10.6 Å². The molecule has 1 amide bonds. The Morgan fingerprint density at radius 2 is 1.73 bits per heavy atom. The van der Waals surface area contributed by atoms with Crippen LogP contribution in [0.25, 0.3) is 0 Å². The van der Waals surface area contributed by atoms with E-state index in [2.05, 4.69) is 0 Å². The van der Waals surface area contributed by atoms with Gasteiger partial charge in [-0.05, 0) is 67.8 Å². The third-order valence-corrected chi connectivity index (χ3v) is 7.31. The molecular formula is C24H24N2O3S. The number of hydrogen-bond acceptors (Lipinski definition) is 3. The average Bonchev–Trinajstić information content (AvgIpc) is 3.08. The topological polar surface area (TPSA) is 57.7 Å². The van der Waals surface area contributed by atoms with Crippen LogP contribution in [-0.2, 0) is 16.4 Å². The minimum absolute atomic E-state index is 0.0186. The zero-order chi connectivity index (χ0) is 21.5. The maximum absolute atomic E-state index is 13.3. The maximum atomic E-state index is 13.3. The van der Waals surface area contributed by atoms with E-state index >= 15 is 0 Å². The summed E-state index contributed by atoms with van der Waals surface area (Å²) >= 11 is 0. The molecule has 3 aromatic rings. The summed E-state index contributed by atoms with van der Waals surface area (Å²) in [6.07, 6.45) is 0.788. The largest absolute Gasteiger partial charge is 0.305 e. The fraction of sp³-hybridized carbons (Fsp3) is 0.208. The molecule has 0 bridgehead atoms. The van der Waals surface area contributed by atoms with Crippen molar-refractivity contribution in [1.82, 2.24) is 0 Å². The fourth-order valence-electron chi connectivity index (χ4n) is 3.92. The Bertz CT molecular complexity index is 1220. The van der Waals surface area contributed by atoms with Crippen molar-refractivity contribution in [1.29, 1.82) is 0 Å². The number of rotatable bonds is 4. The molecule has 0 spiro atoms. The van der Waals surface area contributed by atoms with Gasteiger partial charge in [-0.25, -0.2) is 8.42 Å². The van der Waals surface area contributed by atoms with Crippen LogP contribution in [0.15, 0.2) is 77.7 Å². The third-order valence-electron chi connectivity index (χ3n) is 5.53. The first-order valence-corrected chi connectivity index (χ1v) is 11.3. The molecule has 0 aliphatic carbocycles. The van der Waals surface area contributed by atoms with Gasteiger partial charge in [0, 0.05) is 24.3 Å². The van der Waals surface area contributed by atoms with Crippen molar-refractivity contribution < 1.29 is 13.2 Å². The van der Waals surface area contributed by atoms with Crippen molar-refractivity contribution in [2.75, 3.05) is 16.3 Å². The summed E-state index contributed by atoms with van der Waals surface area (Å²) in [5.41, 5.74) is 3.92. The molecule has 0 fully saturated rings. The standard InChI is InChI=1S/C24H24N2O3S/c1-17-8-6-11-21(14-17)25(3)30(28,29)22-12-7-10-20(16-22)24(27)26-18(2)15-19-9-4-5-13-23(19)26/h4-14,16,18H,15H2,1-3H3. The number of sulfonamides is 1. The predicted molar refractivity (Wildman–Crippen MR) is 120 cm³/mol. The predicted octanol–water partition coefficient (Wildman–Crippen LogP) is 4.41. The first-order valence-electron chi connectivity index (χ1n) is 9.86. The van der Waals surface area contributed by atoms with Crippen LogP contribution >= 0.6 is 0 Å². The second-order valence-electron chi connectivity index (χ2n) is 7.70. The van der Waals surface area contributed by atoms with E-state index in [1.807, 2.05) is 56.3 Å². The third kappa shape index (κ3) is 3.48. The molecular weight excluding hydrogens is 396 g/mol. The molecule has 3 aromatic carbocycles. The number of nitrogens with zero attached hydrogens (tertiary/aromatic N) is 2. The van der Waals surface area contributed by atoms with Crippen molar-refractivity contribution in [3.8, 4) is 0 Å². The van der Waals surface area contributed by atoms with Crippen molar-refractivity contribution in [2.45, 2.75) is 31.2 Å². The molecule has 6 heteroatoms. The lowest BCUT2D eigenvalue weighted by Crippen LogP contribution is -2.36. The molecule has 1 aliphatic rings. The number of amides is 1. The van der Waals surface area contributed by atoms with E-state index < -0.39 is 10.0 Å². The second kappa shape index (κ2) is 7.61. The molecule has 154 valence electrons. The lowest BCUT2D eigenvalue weighted by molar-refractivity contribution is 0.0981. The van der Waals surface area contributed by atoms with Crippen LogP contribution in [0.1, 0.15) is 28.4 Å². The molecule has 1 unspecified atom stereocenters. The van der Waals surface area contributed by atoms with Crippen LogP contribution in [0, 0.1) is 6.92 Å². The maximum Gasteiger partial charge on any atom is 0.264 e. The van der Waals surface area contributed by atoms with Gasteiger partial charge >= 0.3 is 0 Å². The van der Waals surface area contributed by atoms with Gasteiger partial charge in [-0.2, -0.15) is 0 Å². The van der Waals surface area contributed by atoms with Crippen LogP contribution in [0.2, 0.25) is 0 Å². The van der Waals surface area contributed by atoms with Gasteiger partial charge < -0.3 is 4.90 Å². The lowest BCUT2D eigenvalue weighted by Gasteiger charge is -2.24. The van der Waals surface area contributed by atoms with Gasteiger partial charge in [-0.15, -0.1) is 0 Å². The molecule has 1 heterocycles. The van der Waals surface area contributed by atoms with E-state index in [0.29, 0.717) is 11.3 Å². The molecule has 0 saturated carbocycles. The van der Waals surface area contributed by atoms with Gasteiger partial charge in [-0.1, -0.05) is 36.4 Å². The minimum Gasteiger partial charge on any atom is -0.305 e. The fourth-order valence-corrected chi connectivity index (χ4v) is 5.16. The van der Waals surface area contributed by atoms with E-state index in [1.54, 1.807) is 23.1 Å². The number of hydrogen-bond donors (Lipinski definition) is 0. The van der Waals surface area contributed by atoms with Gasteiger partial charge in [0.15, 0.2) is 0 Å². The first-order chi connectivity index (χ1) is 14.3. The Morgan fingerprint density at radius 3 is 2.50 bits per heavy atom. The monoisotopic (exact) mass is 420 g/mol. The van der Waals surface area contributed by atoms with Crippen molar-refractivity contribution in [3.05, 3.63) is 89.5 Å². The zero-order valence-corrected chi connectivity index (χ0v) is 18.1. The van der Waals surface area contributed by atoms with E-state index in [-0.39, 0.29) is 16.8 Å². The Hall–Kier alpha value is -3.12. The quantitative estimate of drug-likeness (QED) is 0.628. The molecule has 5 nitrogen and oxygen atoms in total. The highest BCUT2D eigenvalue weighted by Gasteiger charge is 2.32.